The molecule has 16 heteroatoms. The molecule has 3 aliphatic rings. The molecule has 0 spiro atoms. The summed E-state index contributed by atoms with van der Waals surface area (Å²) in [4.78, 5) is 65.5. The molecule has 0 saturated carbocycles. The van der Waals surface area contributed by atoms with Gasteiger partial charge in [0.1, 0.15) is 42.4 Å². The number of hydrogen-bond donors (Lipinski definition) is 2. The molecule has 3 rings (SSSR count). The number of ether oxygens (including phenoxy) is 8. The molecule has 0 bridgehead atoms. The van der Waals surface area contributed by atoms with Crippen molar-refractivity contribution in [1.29, 1.82) is 0 Å². The molecule has 0 aromatic carbocycles. The SMILES string of the molecule is CCC(=O)O[C@@H]1CC(=O)O[C@H](C)C/C=C/C=C/C(=O)[C@H](C)C[C@@H](CC=O)[C@@H](O[C@@H]2O[C@H](C)[C@@H](O[C@H]3C[C@@](C)(O)[C@@H](OC(=O)CC)[C@H](C)O3)[C@H](N(C)C)[C@H]2O)[C@@H]1OC. The van der Waals surface area contributed by atoms with Gasteiger partial charge >= 0.3 is 17.9 Å². The highest BCUT2D eigenvalue weighted by atomic mass is 16.7. The van der Waals surface area contributed by atoms with Crippen LogP contribution in [0.25, 0.3) is 0 Å². The highest BCUT2D eigenvalue weighted by Crippen LogP contribution is 2.37. The zero-order valence-electron chi connectivity index (χ0n) is 35.1. The number of nitrogens with zero attached hydrogens (tertiary/aromatic N) is 1. The Labute approximate surface area is 336 Å². The summed E-state index contributed by atoms with van der Waals surface area (Å²) in [6.45, 7) is 11.6. The number of hydrogen-bond acceptors (Lipinski definition) is 16. The van der Waals surface area contributed by atoms with E-state index in [1.165, 1.54) is 13.2 Å². The largest absolute Gasteiger partial charge is 0.462 e. The van der Waals surface area contributed by atoms with E-state index >= 15 is 0 Å². The summed E-state index contributed by atoms with van der Waals surface area (Å²) >= 11 is 0. The number of aliphatic hydroxyl groups excluding tert-OH is 1. The molecule has 2 saturated heterocycles. The zero-order valence-corrected chi connectivity index (χ0v) is 35.1. The molecule has 0 radical (unpaired) electrons. The topological polar surface area (TPSA) is 203 Å². The van der Waals surface area contributed by atoms with Gasteiger partial charge < -0.3 is 57.8 Å². The number of likely N-dealkylation sites (N-methyl/N-ethyl adjacent to an activating group) is 1. The fraction of sp³-hybridized carbons (Fsp3) is 0.780. The first-order valence-corrected chi connectivity index (χ1v) is 20.0. The van der Waals surface area contributed by atoms with Gasteiger partial charge in [-0.25, -0.2) is 0 Å². The van der Waals surface area contributed by atoms with E-state index in [-0.39, 0.29) is 37.9 Å². The smallest absolute Gasteiger partial charge is 0.309 e. The third kappa shape index (κ3) is 13.5. The van der Waals surface area contributed by atoms with Crippen molar-refractivity contribution in [2.24, 2.45) is 11.8 Å². The fourth-order valence-electron chi connectivity index (χ4n) is 7.72. The monoisotopic (exact) mass is 811 g/mol. The van der Waals surface area contributed by atoms with Crippen LogP contribution in [0.15, 0.2) is 24.3 Å². The molecular formula is C41H65NO15. The molecular weight excluding hydrogens is 746 g/mol. The number of aliphatic hydroxyl groups is 2. The van der Waals surface area contributed by atoms with Crippen molar-refractivity contribution in [2.75, 3.05) is 21.2 Å². The van der Waals surface area contributed by atoms with E-state index in [0.717, 1.165) is 0 Å². The van der Waals surface area contributed by atoms with Crippen molar-refractivity contribution in [1.82, 2.24) is 4.90 Å². The van der Waals surface area contributed by atoms with Gasteiger partial charge in [-0.1, -0.05) is 39.0 Å². The van der Waals surface area contributed by atoms with E-state index in [4.69, 9.17) is 37.9 Å². The Morgan fingerprint density at radius 2 is 1.63 bits per heavy atom. The maximum absolute atomic E-state index is 13.3. The first-order chi connectivity index (χ1) is 26.9. The number of esters is 3. The number of rotatable bonds is 12. The van der Waals surface area contributed by atoms with E-state index < -0.39 is 115 Å². The highest BCUT2D eigenvalue weighted by molar-refractivity contribution is 5.91. The van der Waals surface area contributed by atoms with E-state index in [2.05, 4.69) is 0 Å². The molecule has 57 heavy (non-hydrogen) atoms. The maximum atomic E-state index is 13.3. The van der Waals surface area contributed by atoms with E-state index in [0.29, 0.717) is 12.7 Å². The summed E-state index contributed by atoms with van der Waals surface area (Å²) in [5, 5.41) is 23.4. The second kappa shape index (κ2) is 22.3. The maximum Gasteiger partial charge on any atom is 0.309 e. The quantitative estimate of drug-likeness (QED) is 0.165. The van der Waals surface area contributed by atoms with Gasteiger partial charge in [0.2, 0.25) is 0 Å². The van der Waals surface area contributed by atoms with Gasteiger partial charge in [0, 0.05) is 45.1 Å². The summed E-state index contributed by atoms with van der Waals surface area (Å²) < 4.78 is 48.4. The molecule has 16 nitrogen and oxygen atoms in total. The van der Waals surface area contributed by atoms with Crippen molar-refractivity contribution in [3.05, 3.63) is 24.3 Å². The van der Waals surface area contributed by atoms with E-state index in [1.807, 2.05) is 0 Å². The van der Waals surface area contributed by atoms with Gasteiger partial charge in [0.05, 0.1) is 30.8 Å². The number of aldehydes is 1. The Morgan fingerprint density at radius 3 is 2.23 bits per heavy atom. The molecule has 15 atom stereocenters. The fourth-order valence-corrected chi connectivity index (χ4v) is 7.72. The molecule has 3 aliphatic heterocycles. The van der Waals surface area contributed by atoms with Crippen LogP contribution in [0.2, 0.25) is 0 Å². The molecule has 2 N–H and O–H groups in total. The van der Waals surface area contributed by atoms with Crippen LogP contribution in [-0.2, 0) is 61.9 Å². The highest BCUT2D eigenvalue weighted by Gasteiger charge is 2.53. The van der Waals surface area contributed by atoms with Crippen LogP contribution in [0.4, 0.5) is 0 Å². The summed E-state index contributed by atoms with van der Waals surface area (Å²) in [5.74, 6) is -3.31. The minimum absolute atomic E-state index is 0.0122. The number of ketones is 1. The van der Waals surface area contributed by atoms with Gasteiger partial charge in [-0.05, 0) is 60.2 Å². The van der Waals surface area contributed by atoms with E-state index in [9.17, 15) is 34.2 Å². The molecule has 0 aliphatic carbocycles. The average molecular weight is 812 g/mol. The number of carbonyl (C=O) groups excluding carboxylic acids is 5. The van der Waals surface area contributed by atoms with Crippen molar-refractivity contribution in [2.45, 2.75) is 173 Å². The molecule has 2 fully saturated rings. The van der Waals surface area contributed by atoms with Crippen LogP contribution in [0, 0.1) is 11.8 Å². The lowest BCUT2D eigenvalue weighted by Gasteiger charge is -2.50. The normalized spacial score (nSPS) is 39.8. The van der Waals surface area contributed by atoms with Gasteiger partial charge in [0.15, 0.2) is 24.5 Å². The van der Waals surface area contributed by atoms with Crippen LogP contribution in [0.3, 0.4) is 0 Å². The minimum Gasteiger partial charge on any atom is -0.462 e. The van der Waals surface area contributed by atoms with Gasteiger partial charge in [-0.2, -0.15) is 0 Å². The Bertz CT molecular complexity index is 1400. The summed E-state index contributed by atoms with van der Waals surface area (Å²) in [6.07, 6.45) is -4.01. The summed E-state index contributed by atoms with van der Waals surface area (Å²) in [6, 6.07) is -0.793. The predicted molar refractivity (Wildman–Crippen MR) is 204 cm³/mol. The van der Waals surface area contributed by atoms with Crippen molar-refractivity contribution >= 4 is 30.0 Å². The van der Waals surface area contributed by atoms with Crippen molar-refractivity contribution < 1.29 is 72.1 Å². The first kappa shape index (κ1) is 48.3. The predicted octanol–water partition coefficient (Wildman–Crippen LogP) is 2.98. The standard InChI is InChI=1S/C41H65NO15/c1-11-30(45)54-29-21-32(47)51-24(4)16-14-13-15-17-28(44)23(3)20-27(18-19-43)37(38(29)50-10)57-40-35(48)34(42(8)9)36(25(5)53-40)56-33-22-41(7,49)39(26(6)52-33)55-31(46)12-2/h13-15,17,19,23-27,29,33-40,48-49H,11-12,16,18,20-22H2,1-10H3/b14-13+,17-15+/t23-,24-,25-,26+,27-,29-,33+,34-,35-,36-,37-,38-,39+,40+,41-/m1/s1. The van der Waals surface area contributed by atoms with Crippen LogP contribution >= 0.6 is 0 Å². The Balaban J connectivity index is 2.02. The van der Waals surface area contributed by atoms with E-state index in [1.54, 1.807) is 85.7 Å². The number of methoxy groups -OCH3 is 1. The van der Waals surface area contributed by atoms with Gasteiger partial charge in [-0.3, -0.25) is 19.2 Å². The third-order valence-corrected chi connectivity index (χ3v) is 10.7. The van der Waals surface area contributed by atoms with Crippen LogP contribution in [-0.4, -0.2) is 145 Å². The summed E-state index contributed by atoms with van der Waals surface area (Å²) in [7, 11) is 4.83. The molecule has 0 amide bonds. The first-order valence-electron chi connectivity index (χ1n) is 20.0. The number of carbonyl (C=O) groups is 5. The number of cyclic esters (lactones) is 1. The van der Waals surface area contributed by atoms with Crippen molar-refractivity contribution in [3.63, 3.8) is 0 Å². The summed E-state index contributed by atoms with van der Waals surface area (Å²) in [5.41, 5.74) is -1.50. The molecule has 3 heterocycles. The lowest BCUT2D eigenvalue weighted by atomic mass is 9.83. The Kier molecular flexibility index (Phi) is 18.9. The minimum atomic E-state index is -1.50. The Hall–Kier alpha value is -3.09. The number of allylic oxidation sites excluding steroid dienone is 3. The molecule has 0 unspecified atom stereocenters. The second-order valence-electron chi connectivity index (χ2n) is 15.8. The molecule has 324 valence electrons. The van der Waals surface area contributed by atoms with Crippen molar-refractivity contribution in [3.8, 4) is 0 Å². The lowest BCUT2D eigenvalue weighted by Crippen LogP contribution is -2.66. The Morgan fingerprint density at radius 1 is 0.965 bits per heavy atom. The van der Waals surface area contributed by atoms with Gasteiger partial charge in [-0.15, -0.1) is 0 Å². The second-order valence-corrected chi connectivity index (χ2v) is 15.8. The van der Waals surface area contributed by atoms with Gasteiger partial charge in [0.25, 0.3) is 0 Å². The zero-order chi connectivity index (χ0) is 42.6. The third-order valence-electron chi connectivity index (χ3n) is 10.7. The molecule has 0 aromatic heterocycles. The van der Waals surface area contributed by atoms with Crippen LogP contribution in [0.1, 0.15) is 93.4 Å². The van der Waals surface area contributed by atoms with Crippen LogP contribution in [0.5, 0.6) is 0 Å². The average Bonchev–Trinajstić information content (AvgIpc) is 3.13. The van der Waals surface area contributed by atoms with Crippen LogP contribution < -0.4 is 0 Å². The lowest BCUT2D eigenvalue weighted by molar-refractivity contribution is -0.344. The molecule has 0 aromatic rings.